The molecule has 88 valence electrons. The van der Waals surface area contributed by atoms with E-state index in [9.17, 15) is 4.79 Å². The first-order valence-corrected chi connectivity index (χ1v) is 5.07. The molecule has 0 saturated heterocycles. The number of amides is 1. The van der Waals surface area contributed by atoms with Crippen LogP contribution in [0.2, 0.25) is 0 Å². The number of aromatic nitrogens is 1. The average molecular weight is 232 g/mol. The normalized spacial score (nSPS) is 10.0. The number of hydrogen-bond acceptors (Lipinski definition) is 4. The van der Waals surface area contributed by atoms with Crippen molar-refractivity contribution >= 4 is 11.6 Å². The number of aryl methyl sites for hydroxylation is 1. The maximum atomic E-state index is 11.8. The number of carbonyl (C=O) groups excluding carboxylic acids is 1. The van der Waals surface area contributed by atoms with Gasteiger partial charge in [-0.25, -0.2) is 0 Å². The van der Waals surface area contributed by atoms with Gasteiger partial charge in [-0.15, -0.1) is 0 Å². The standard InChI is InChI=1S/C12H12N2O3/c1-8-11(7-17-14-8)12(15)13-9-3-5-10(16-2)6-4-9/h3-7H,1-2H3,(H,13,15). The van der Waals surface area contributed by atoms with E-state index in [-0.39, 0.29) is 5.91 Å². The van der Waals surface area contributed by atoms with Crippen LogP contribution in [0.15, 0.2) is 35.1 Å². The molecule has 0 atom stereocenters. The molecule has 0 radical (unpaired) electrons. The minimum atomic E-state index is -0.242. The number of nitrogens with zero attached hydrogens (tertiary/aromatic N) is 1. The molecule has 0 saturated carbocycles. The largest absolute Gasteiger partial charge is 0.497 e. The summed E-state index contributed by atoms with van der Waals surface area (Å²) in [6, 6.07) is 7.07. The summed E-state index contributed by atoms with van der Waals surface area (Å²) in [4.78, 5) is 11.8. The summed E-state index contributed by atoms with van der Waals surface area (Å²) >= 11 is 0. The molecule has 0 bridgehead atoms. The van der Waals surface area contributed by atoms with Gasteiger partial charge in [0.05, 0.1) is 12.8 Å². The summed E-state index contributed by atoms with van der Waals surface area (Å²) < 4.78 is 9.74. The lowest BCUT2D eigenvalue weighted by Crippen LogP contribution is -2.12. The lowest BCUT2D eigenvalue weighted by Gasteiger charge is -2.04. The molecule has 5 heteroatoms. The minimum Gasteiger partial charge on any atom is -0.497 e. The monoisotopic (exact) mass is 232 g/mol. The van der Waals surface area contributed by atoms with Crippen LogP contribution in [-0.2, 0) is 0 Å². The van der Waals surface area contributed by atoms with Gasteiger partial charge < -0.3 is 14.6 Å². The number of nitrogens with one attached hydrogen (secondary N) is 1. The maximum absolute atomic E-state index is 11.8. The Balaban J connectivity index is 2.10. The second kappa shape index (κ2) is 4.69. The van der Waals surface area contributed by atoms with E-state index in [1.807, 2.05) is 0 Å². The molecule has 0 aliphatic heterocycles. The van der Waals surface area contributed by atoms with Crippen LogP contribution in [0.3, 0.4) is 0 Å². The van der Waals surface area contributed by atoms with Crippen LogP contribution in [0, 0.1) is 6.92 Å². The average Bonchev–Trinajstić information content (AvgIpc) is 2.76. The third-order valence-electron chi connectivity index (χ3n) is 2.34. The van der Waals surface area contributed by atoms with Gasteiger partial charge in [0.25, 0.3) is 5.91 Å². The van der Waals surface area contributed by atoms with Gasteiger partial charge >= 0.3 is 0 Å². The van der Waals surface area contributed by atoms with Crippen LogP contribution in [0.1, 0.15) is 16.1 Å². The second-order valence-electron chi connectivity index (χ2n) is 3.50. The molecule has 17 heavy (non-hydrogen) atoms. The molecule has 1 N–H and O–H groups in total. The van der Waals surface area contributed by atoms with Crippen LogP contribution in [-0.4, -0.2) is 18.2 Å². The Labute approximate surface area is 98.4 Å². The Morgan fingerprint density at radius 1 is 1.35 bits per heavy atom. The second-order valence-corrected chi connectivity index (χ2v) is 3.50. The van der Waals surface area contributed by atoms with Crippen molar-refractivity contribution in [2.24, 2.45) is 0 Å². The maximum Gasteiger partial charge on any atom is 0.260 e. The van der Waals surface area contributed by atoms with E-state index in [0.29, 0.717) is 16.9 Å². The summed E-state index contributed by atoms with van der Waals surface area (Å²) in [5.74, 6) is 0.498. The third kappa shape index (κ3) is 2.44. The van der Waals surface area contributed by atoms with E-state index in [1.54, 1.807) is 38.3 Å². The first-order chi connectivity index (χ1) is 8.20. The quantitative estimate of drug-likeness (QED) is 0.881. The molecule has 0 unspecified atom stereocenters. The van der Waals surface area contributed by atoms with Gasteiger partial charge in [-0.05, 0) is 31.2 Å². The highest BCUT2D eigenvalue weighted by Crippen LogP contribution is 2.16. The Hall–Kier alpha value is -2.30. The summed E-state index contributed by atoms with van der Waals surface area (Å²) in [5.41, 5.74) is 1.69. The zero-order valence-electron chi connectivity index (χ0n) is 9.56. The Morgan fingerprint density at radius 3 is 2.59 bits per heavy atom. The molecule has 2 rings (SSSR count). The summed E-state index contributed by atoms with van der Waals surface area (Å²) in [7, 11) is 1.59. The number of anilines is 1. The number of methoxy groups -OCH3 is 1. The van der Waals surface area contributed by atoms with Gasteiger partial charge in [-0.1, -0.05) is 5.16 Å². The van der Waals surface area contributed by atoms with Crippen molar-refractivity contribution in [3.63, 3.8) is 0 Å². The van der Waals surface area contributed by atoms with E-state index < -0.39 is 0 Å². The molecule has 0 aliphatic rings. The zero-order chi connectivity index (χ0) is 12.3. The van der Waals surface area contributed by atoms with Crippen LogP contribution in [0.25, 0.3) is 0 Å². The molecule has 0 spiro atoms. The molecule has 0 fully saturated rings. The van der Waals surface area contributed by atoms with Crippen molar-refractivity contribution in [3.05, 3.63) is 41.8 Å². The van der Waals surface area contributed by atoms with Crippen molar-refractivity contribution in [2.45, 2.75) is 6.92 Å². The van der Waals surface area contributed by atoms with Crippen molar-refractivity contribution < 1.29 is 14.1 Å². The van der Waals surface area contributed by atoms with E-state index in [1.165, 1.54) is 6.26 Å². The molecular formula is C12H12N2O3. The molecule has 1 aromatic heterocycles. The van der Waals surface area contributed by atoms with E-state index >= 15 is 0 Å². The highest BCUT2D eigenvalue weighted by molar-refractivity contribution is 6.04. The van der Waals surface area contributed by atoms with Gasteiger partial charge in [-0.3, -0.25) is 4.79 Å². The number of benzene rings is 1. The van der Waals surface area contributed by atoms with Crippen LogP contribution >= 0.6 is 0 Å². The van der Waals surface area contributed by atoms with Gasteiger partial charge in [0.1, 0.15) is 17.6 Å². The van der Waals surface area contributed by atoms with E-state index in [4.69, 9.17) is 9.26 Å². The molecule has 5 nitrogen and oxygen atoms in total. The van der Waals surface area contributed by atoms with Gasteiger partial charge in [-0.2, -0.15) is 0 Å². The van der Waals surface area contributed by atoms with E-state index in [2.05, 4.69) is 10.5 Å². The van der Waals surface area contributed by atoms with Crippen LogP contribution in [0.4, 0.5) is 5.69 Å². The van der Waals surface area contributed by atoms with Gasteiger partial charge in [0, 0.05) is 5.69 Å². The lowest BCUT2D eigenvalue weighted by molar-refractivity contribution is 0.102. The molecular weight excluding hydrogens is 220 g/mol. The number of rotatable bonds is 3. The SMILES string of the molecule is COc1ccc(NC(=O)c2conc2C)cc1. The fraction of sp³-hybridized carbons (Fsp3) is 0.167. The number of hydrogen-bond donors (Lipinski definition) is 1. The molecule has 1 aromatic carbocycles. The Kier molecular flexibility index (Phi) is 3.09. The predicted octanol–water partition coefficient (Wildman–Crippen LogP) is 2.24. The predicted molar refractivity (Wildman–Crippen MR) is 62.2 cm³/mol. The fourth-order valence-electron chi connectivity index (χ4n) is 1.38. The van der Waals surface area contributed by atoms with Crippen LogP contribution < -0.4 is 10.1 Å². The highest BCUT2D eigenvalue weighted by Gasteiger charge is 2.12. The fourth-order valence-corrected chi connectivity index (χ4v) is 1.38. The van der Waals surface area contributed by atoms with Gasteiger partial charge in [0.15, 0.2) is 0 Å². The van der Waals surface area contributed by atoms with Crippen molar-refractivity contribution in [1.82, 2.24) is 5.16 Å². The first-order valence-electron chi connectivity index (χ1n) is 5.07. The van der Waals surface area contributed by atoms with Gasteiger partial charge in [0.2, 0.25) is 0 Å². The van der Waals surface area contributed by atoms with E-state index in [0.717, 1.165) is 5.75 Å². The van der Waals surface area contributed by atoms with Crippen LogP contribution in [0.5, 0.6) is 5.75 Å². The topological polar surface area (TPSA) is 64.4 Å². The summed E-state index contributed by atoms with van der Waals surface area (Å²) in [6.07, 6.45) is 1.33. The highest BCUT2D eigenvalue weighted by atomic mass is 16.5. The number of carbonyl (C=O) groups is 1. The molecule has 2 aromatic rings. The van der Waals surface area contributed by atoms with Crippen molar-refractivity contribution in [3.8, 4) is 5.75 Å². The number of ether oxygens (including phenoxy) is 1. The zero-order valence-corrected chi connectivity index (χ0v) is 9.56. The molecule has 0 aliphatic carbocycles. The third-order valence-corrected chi connectivity index (χ3v) is 2.34. The minimum absolute atomic E-state index is 0.242. The first kappa shape index (κ1) is 11.2. The summed E-state index contributed by atoms with van der Waals surface area (Å²) in [6.45, 7) is 1.71. The summed E-state index contributed by atoms with van der Waals surface area (Å²) in [5, 5.41) is 6.39. The van der Waals surface area contributed by atoms with Crippen molar-refractivity contribution in [2.75, 3.05) is 12.4 Å². The van der Waals surface area contributed by atoms with Crippen molar-refractivity contribution in [1.29, 1.82) is 0 Å². The molecule has 1 heterocycles. The Bertz CT molecular complexity index is 517. The Morgan fingerprint density at radius 2 is 2.06 bits per heavy atom. The molecule has 1 amide bonds. The lowest BCUT2D eigenvalue weighted by atomic mass is 10.2. The smallest absolute Gasteiger partial charge is 0.260 e.